The molecule has 114 valence electrons. The van der Waals surface area contributed by atoms with Gasteiger partial charge in [0.15, 0.2) is 5.11 Å². The maximum Gasteiger partial charge on any atom is 0.257 e. The second kappa shape index (κ2) is 7.89. The molecule has 0 radical (unpaired) electrons. The summed E-state index contributed by atoms with van der Waals surface area (Å²) < 4.78 is 6.90. The van der Waals surface area contributed by atoms with Gasteiger partial charge in [-0.05, 0) is 81.1 Å². The summed E-state index contributed by atoms with van der Waals surface area (Å²) in [7, 11) is 1.59. The zero-order valence-corrected chi connectivity index (χ0v) is 16.1. The Morgan fingerprint density at radius 1 is 1.27 bits per heavy atom. The smallest absolute Gasteiger partial charge is 0.257 e. The molecule has 4 nitrogen and oxygen atoms in total. The van der Waals surface area contributed by atoms with Crippen molar-refractivity contribution in [3.8, 4) is 5.75 Å². The number of anilines is 1. The van der Waals surface area contributed by atoms with E-state index < -0.39 is 0 Å². The first-order chi connectivity index (χ1) is 10.5. The van der Waals surface area contributed by atoms with Crippen LogP contribution in [-0.2, 0) is 0 Å². The van der Waals surface area contributed by atoms with E-state index in [2.05, 4.69) is 49.2 Å². The highest BCUT2D eigenvalue weighted by molar-refractivity contribution is 14.1. The van der Waals surface area contributed by atoms with Gasteiger partial charge in [0.05, 0.1) is 16.4 Å². The molecule has 0 aliphatic carbocycles. The number of carbonyl (C=O) groups is 1. The van der Waals surface area contributed by atoms with Crippen molar-refractivity contribution >= 4 is 67.4 Å². The quantitative estimate of drug-likeness (QED) is 0.500. The number of halogens is 2. The minimum absolute atomic E-state index is 0.239. The predicted molar refractivity (Wildman–Crippen MR) is 104 cm³/mol. The SMILES string of the molecule is COc1ccc(C(=O)NC(=S)Nc2ccccc2Br)cc1I. The third-order valence-electron chi connectivity index (χ3n) is 2.76. The van der Waals surface area contributed by atoms with E-state index in [0.29, 0.717) is 5.56 Å². The van der Waals surface area contributed by atoms with Crippen molar-refractivity contribution in [2.45, 2.75) is 0 Å². The summed E-state index contributed by atoms with van der Waals surface area (Å²) in [6.45, 7) is 0. The molecule has 0 saturated heterocycles. The molecule has 0 aromatic heterocycles. The monoisotopic (exact) mass is 490 g/mol. The lowest BCUT2D eigenvalue weighted by Crippen LogP contribution is -2.34. The highest BCUT2D eigenvalue weighted by Crippen LogP contribution is 2.22. The van der Waals surface area contributed by atoms with E-state index in [9.17, 15) is 4.79 Å². The molecule has 0 fully saturated rings. The lowest BCUT2D eigenvalue weighted by atomic mass is 10.2. The number of thiocarbonyl (C=S) groups is 1. The number of hydrogen-bond acceptors (Lipinski definition) is 3. The van der Waals surface area contributed by atoms with Gasteiger partial charge in [0.1, 0.15) is 5.75 Å². The summed E-state index contributed by atoms with van der Waals surface area (Å²) >= 11 is 10.7. The molecule has 2 aromatic carbocycles. The van der Waals surface area contributed by atoms with Crippen LogP contribution in [0.4, 0.5) is 5.69 Å². The van der Waals surface area contributed by atoms with Crippen LogP contribution in [0.15, 0.2) is 46.9 Å². The van der Waals surface area contributed by atoms with Gasteiger partial charge in [-0.1, -0.05) is 12.1 Å². The summed E-state index contributed by atoms with van der Waals surface area (Å²) in [5.74, 6) is 0.455. The summed E-state index contributed by atoms with van der Waals surface area (Å²) in [4.78, 5) is 12.2. The molecule has 0 heterocycles. The Balaban J connectivity index is 2.04. The summed E-state index contributed by atoms with van der Waals surface area (Å²) in [6.07, 6.45) is 0. The molecule has 0 spiro atoms. The fourth-order valence-electron chi connectivity index (χ4n) is 1.70. The summed E-state index contributed by atoms with van der Waals surface area (Å²) in [5.41, 5.74) is 1.30. The van der Waals surface area contributed by atoms with Gasteiger partial charge in [-0.15, -0.1) is 0 Å². The van der Waals surface area contributed by atoms with Crippen molar-refractivity contribution in [3.05, 3.63) is 56.1 Å². The number of carbonyl (C=O) groups excluding carboxylic acids is 1. The topological polar surface area (TPSA) is 50.4 Å². The number of benzene rings is 2. The van der Waals surface area contributed by atoms with Crippen molar-refractivity contribution in [3.63, 3.8) is 0 Å². The third-order valence-corrected chi connectivity index (χ3v) is 4.50. The van der Waals surface area contributed by atoms with Gasteiger partial charge in [-0.25, -0.2) is 0 Å². The normalized spacial score (nSPS) is 9.95. The molecule has 0 saturated carbocycles. The molecule has 0 aliphatic heterocycles. The number of amides is 1. The Labute approximate surface area is 155 Å². The van der Waals surface area contributed by atoms with Crippen molar-refractivity contribution in [2.24, 2.45) is 0 Å². The van der Waals surface area contributed by atoms with E-state index in [1.54, 1.807) is 25.3 Å². The molecular formula is C15H12BrIN2O2S. The van der Waals surface area contributed by atoms with Crippen molar-refractivity contribution < 1.29 is 9.53 Å². The molecule has 0 bridgehead atoms. The molecular weight excluding hydrogens is 479 g/mol. The number of rotatable bonds is 3. The van der Waals surface area contributed by atoms with Gasteiger partial charge in [-0.3, -0.25) is 10.1 Å². The molecule has 1 amide bonds. The standard InChI is InChI=1S/C15H12BrIN2O2S/c1-21-13-7-6-9(8-11(13)17)14(20)19-15(22)18-12-5-3-2-4-10(12)16/h2-8H,1H3,(H2,18,19,20,22). The Kier molecular flexibility index (Phi) is 6.16. The molecule has 22 heavy (non-hydrogen) atoms. The van der Waals surface area contributed by atoms with E-state index in [-0.39, 0.29) is 11.0 Å². The minimum Gasteiger partial charge on any atom is -0.496 e. The fraction of sp³-hybridized carbons (Fsp3) is 0.0667. The minimum atomic E-state index is -0.273. The highest BCUT2D eigenvalue weighted by atomic mass is 127. The van der Waals surface area contributed by atoms with Crippen LogP contribution in [-0.4, -0.2) is 18.1 Å². The molecule has 0 atom stereocenters. The number of hydrogen-bond donors (Lipinski definition) is 2. The second-order valence-corrected chi connectivity index (χ2v) is 6.66. The van der Waals surface area contributed by atoms with Crippen LogP contribution in [0, 0.1) is 3.57 Å². The Morgan fingerprint density at radius 2 is 2.00 bits per heavy atom. The van der Waals surface area contributed by atoms with E-state index >= 15 is 0 Å². The zero-order chi connectivity index (χ0) is 16.1. The average molecular weight is 491 g/mol. The van der Waals surface area contributed by atoms with Gasteiger partial charge in [0.2, 0.25) is 0 Å². The van der Waals surface area contributed by atoms with Gasteiger partial charge < -0.3 is 10.1 Å². The van der Waals surface area contributed by atoms with Gasteiger partial charge in [-0.2, -0.15) is 0 Å². The molecule has 2 rings (SSSR count). The Hall–Kier alpha value is -1.19. The van der Waals surface area contributed by atoms with Crippen molar-refractivity contribution in [2.75, 3.05) is 12.4 Å². The van der Waals surface area contributed by atoms with E-state index in [0.717, 1.165) is 19.5 Å². The van der Waals surface area contributed by atoms with Crippen LogP contribution >= 0.6 is 50.7 Å². The number of para-hydroxylation sites is 1. The third kappa shape index (κ3) is 4.40. The van der Waals surface area contributed by atoms with Crippen LogP contribution in [0.3, 0.4) is 0 Å². The zero-order valence-electron chi connectivity index (χ0n) is 11.5. The average Bonchev–Trinajstić information content (AvgIpc) is 2.49. The summed E-state index contributed by atoms with van der Waals surface area (Å²) in [5, 5.41) is 5.87. The lowest BCUT2D eigenvalue weighted by molar-refractivity contribution is 0.0977. The fourth-order valence-corrected chi connectivity index (χ4v) is 3.02. The number of nitrogens with one attached hydrogen (secondary N) is 2. The van der Waals surface area contributed by atoms with Crippen LogP contribution in [0.25, 0.3) is 0 Å². The molecule has 0 unspecified atom stereocenters. The first kappa shape index (κ1) is 17.2. The van der Waals surface area contributed by atoms with Crippen LogP contribution in [0.2, 0.25) is 0 Å². The van der Waals surface area contributed by atoms with Gasteiger partial charge in [0, 0.05) is 10.0 Å². The number of ether oxygens (including phenoxy) is 1. The number of methoxy groups -OCH3 is 1. The molecule has 7 heteroatoms. The predicted octanol–water partition coefficient (Wildman–Crippen LogP) is 4.19. The molecule has 2 N–H and O–H groups in total. The summed E-state index contributed by atoms with van der Waals surface area (Å²) in [6, 6.07) is 12.7. The largest absolute Gasteiger partial charge is 0.496 e. The Bertz CT molecular complexity index is 724. The highest BCUT2D eigenvalue weighted by Gasteiger charge is 2.11. The van der Waals surface area contributed by atoms with E-state index in [1.165, 1.54) is 0 Å². The molecule has 2 aromatic rings. The van der Waals surface area contributed by atoms with Crippen LogP contribution in [0.5, 0.6) is 5.75 Å². The maximum atomic E-state index is 12.2. The second-order valence-electron chi connectivity index (χ2n) is 4.24. The lowest BCUT2D eigenvalue weighted by Gasteiger charge is -2.11. The van der Waals surface area contributed by atoms with Crippen molar-refractivity contribution in [1.29, 1.82) is 0 Å². The molecule has 0 aliphatic rings. The van der Waals surface area contributed by atoms with E-state index in [4.69, 9.17) is 17.0 Å². The first-order valence-corrected chi connectivity index (χ1v) is 8.49. The van der Waals surface area contributed by atoms with Crippen molar-refractivity contribution in [1.82, 2.24) is 5.32 Å². The van der Waals surface area contributed by atoms with E-state index in [1.807, 2.05) is 24.3 Å². The van der Waals surface area contributed by atoms with Crippen LogP contribution < -0.4 is 15.4 Å². The Morgan fingerprint density at radius 3 is 2.64 bits per heavy atom. The van der Waals surface area contributed by atoms with Gasteiger partial charge >= 0.3 is 0 Å². The first-order valence-electron chi connectivity index (χ1n) is 6.21. The van der Waals surface area contributed by atoms with Crippen LogP contribution in [0.1, 0.15) is 10.4 Å². The van der Waals surface area contributed by atoms with Gasteiger partial charge in [0.25, 0.3) is 5.91 Å². The maximum absolute atomic E-state index is 12.2.